The Morgan fingerprint density at radius 3 is 2.02 bits per heavy atom. The summed E-state index contributed by atoms with van der Waals surface area (Å²) in [5, 5.41) is 7.46. The summed E-state index contributed by atoms with van der Waals surface area (Å²) in [4.78, 5) is 12.5. The Morgan fingerprint density at radius 1 is 0.569 bits per heavy atom. The molecule has 0 N–H and O–H groups in total. The summed E-state index contributed by atoms with van der Waals surface area (Å²) in [6.45, 7) is 4.68. The molecular weight excluding hydrogens is 725 g/mol. The van der Waals surface area contributed by atoms with Gasteiger partial charge in [0, 0.05) is 40.6 Å². The maximum Gasteiger partial charge on any atom is 0.179 e. The van der Waals surface area contributed by atoms with Crippen LogP contribution in [0, 0.1) is 0 Å². The minimum absolute atomic E-state index is 0.397. The summed E-state index contributed by atoms with van der Waals surface area (Å²) in [5.41, 5.74) is 9.22. The van der Waals surface area contributed by atoms with Crippen molar-refractivity contribution < 1.29 is 4.42 Å². The van der Waals surface area contributed by atoms with Gasteiger partial charge in [-0.15, -0.1) is 0 Å². The van der Waals surface area contributed by atoms with Crippen molar-refractivity contribution in [3.05, 3.63) is 199 Å². The Kier molecular flexibility index (Phi) is 7.68. The molecule has 4 heterocycles. The summed E-state index contributed by atoms with van der Waals surface area (Å²) in [6.07, 6.45) is 1.89. The smallest absolute Gasteiger partial charge is 0.179 e. The lowest BCUT2D eigenvalue weighted by Gasteiger charge is -2.43. The highest BCUT2D eigenvalue weighted by molar-refractivity contribution is 7.20. The molecule has 6 heteroatoms. The number of nitrogens with zero attached hydrogens (tertiary/aromatic N) is 4. The highest BCUT2D eigenvalue weighted by atomic mass is 28.3. The highest BCUT2D eigenvalue weighted by Gasteiger charge is 2.45. The second kappa shape index (κ2) is 13.0. The van der Waals surface area contributed by atoms with E-state index in [0.717, 1.165) is 67.1 Å². The lowest BCUT2D eigenvalue weighted by Crippen LogP contribution is -2.74. The zero-order chi connectivity index (χ0) is 39.0. The van der Waals surface area contributed by atoms with E-state index in [1.807, 2.05) is 18.3 Å². The third-order valence-corrected chi connectivity index (χ3v) is 17.1. The fraction of sp³-hybridized carbons (Fsp3) is 0.0769. The normalized spacial score (nSPS) is 13.5. The van der Waals surface area contributed by atoms with Crippen molar-refractivity contribution in [2.75, 3.05) is 4.90 Å². The molecule has 10 aromatic rings. The van der Waals surface area contributed by atoms with Crippen LogP contribution < -0.4 is 25.6 Å². The van der Waals surface area contributed by atoms with E-state index in [1.165, 1.54) is 26.3 Å². The minimum Gasteiger partial charge on any atom is -0.456 e. The van der Waals surface area contributed by atoms with Crippen LogP contribution in [0.15, 0.2) is 193 Å². The second-order valence-corrected chi connectivity index (χ2v) is 19.7. The van der Waals surface area contributed by atoms with Crippen molar-refractivity contribution in [1.82, 2.24) is 14.5 Å². The van der Waals surface area contributed by atoms with Crippen LogP contribution in [0.3, 0.4) is 0 Å². The number of pyridine rings is 1. The van der Waals surface area contributed by atoms with Crippen molar-refractivity contribution in [3.8, 4) is 11.4 Å². The monoisotopic (exact) mass is 764 g/mol. The summed E-state index contributed by atoms with van der Waals surface area (Å²) < 4.78 is 8.98. The fourth-order valence-corrected chi connectivity index (χ4v) is 14.5. The van der Waals surface area contributed by atoms with Gasteiger partial charge >= 0.3 is 0 Å². The molecule has 7 aromatic carbocycles. The van der Waals surface area contributed by atoms with Crippen LogP contribution in [0.2, 0.25) is 0 Å². The van der Waals surface area contributed by atoms with E-state index in [2.05, 4.69) is 200 Å². The molecule has 58 heavy (non-hydrogen) atoms. The summed E-state index contributed by atoms with van der Waals surface area (Å²) >= 11 is 0. The van der Waals surface area contributed by atoms with Gasteiger partial charge in [-0.1, -0.05) is 147 Å². The number of hydrogen-bond acceptors (Lipinski definition) is 4. The number of furan rings is 1. The summed E-state index contributed by atoms with van der Waals surface area (Å²) in [7, 11) is -0.901. The summed E-state index contributed by atoms with van der Waals surface area (Å²) in [6, 6.07) is 66.1. The molecule has 0 bridgehead atoms. The molecule has 0 unspecified atom stereocenters. The molecule has 3 aromatic heterocycles. The van der Waals surface area contributed by atoms with Gasteiger partial charge in [0.2, 0.25) is 0 Å². The van der Waals surface area contributed by atoms with Gasteiger partial charge in [0.15, 0.2) is 8.07 Å². The van der Waals surface area contributed by atoms with Gasteiger partial charge in [-0.25, -0.2) is 9.97 Å². The van der Waals surface area contributed by atoms with Crippen LogP contribution in [0.1, 0.15) is 25.0 Å². The number of aryl methyl sites for hydroxylation is 1. The number of fused-ring (bicyclic) bond motifs is 7. The van der Waals surface area contributed by atoms with Gasteiger partial charge in [0.1, 0.15) is 22.8 Å². The molecule has 11 rings (SSSR count). The molecule has 278 valence electrons. The van der Waals surface area contributed by atoms with Crippen LogP contribution in [0.25, 0.3) is 44.4 Å². The molecule has 1 aliphatic heterocycles. The van der Waals surface area contributed by atoms with Gasteiger partial charge in [-0.3, -0.25) is 4.90 Å². The molecule has 0 spiro atoms. The standard InChI is InChI=1S/C52H40N4OSi/c1-52(2)42-30-28-39(34-46(42)56(48-27-14-15-32-53-48)45-31-29-41-40-23-10-13-26-47(40)57-50(41)49(45)52)58(36-18-6-4-7-19-36,37-20-8-5-9-21-37)38-22-16-17-35(33-38)51-54-43-24-11-12-25-44(43)55(51)3/h4-34H,1-3H3. The van der Waals surface area contributed by atoms with Crippen LogP contribution in [-0.4, -0.2) is 22.6 Å². The van der Waals surface area contributed by atoms with Gasteiger partial charge in [0.05, 0.1) is 22.4 Å². The molecule has 0 atom stereocenters. The van der Waals surface area contributed by atoms with Gasteiger partial charge in [-0.05, 0) is 74.8 Å². The first-order valence-corrected chi connectivity index (χ1v) is 21.9. The van der Waals surface area contributed by atoms with E-state index in [1.54, 1.807) is 0 Å². The number of aromatic nitrogens is 3. The molecular formula is C52H40N4OSi. The van der Waals surface area contributed by atoms with E-state index in [-0.39, 0.29) is 0 Å². The minimum atomic E-state index is -3.02. The van der Waals surface area contributed by atoms with Crippen molar-refractivity contribution in [3.63, 3.8) is 0 Å². The fourth-order valence-electron chi connectivity index (χ4n) is 9.72. The third-order valence-electron chi connectivity index (χ3n) is 12.4. The number of anilines is 3. The number of imidazole rings is 1. The van der Waals surface area contributed by atoms with Crippen molar-refractivity contribution >= 4 is 79.0 Å². The van der Waals surface area contributed by atoms with Crippen molar-refractivity contribution in [2.24, 2.45) is 7.05 Å². The maximum atomic E-state index is 6.77. The Balaban J connectivity index is 1.21. The van der Waals surface area contributed by atoms with E-state index < -0.39 is 13.5 Å². The quantitative estimate of drug-likeness (QED) is 0.125. The maximum absolute atomic E-state index is 6.77. The van der Waals surface area contributed by atoms with Gasteiger partial charge in [0.25, 0.3) is 0 Å². The number of hydrogen-bond donors (Lipinski definition) is 0. The Morgan fingerprint density at radius 2 is 1.26 bits per heavy atom. The van der Waals surface area contributed by atoms with E-state index in [0.29, 0.717) is 0 Å². The van der Waals surface area contributed by atoms with Gasteiger partial charge < -0.3 is 8.98 Å². The zero-order valence-corrected chi connectivity index (χ0v) is 33.6. The van der Waals surface area contributed by atoms with E-state index in [4.69, 9.17) is 14.4 Å². The predicted molar refractivity (Wildman–Crippen MR) is 242 cm³/mol. The molecule has 1 aliphatic rings. The van der Waals surface area contributed by atoms with Gasteiger partial charge in [-0.2, -0.15) is 0 Å². The first-order valence-electron chi connectivity index (χ1n) is 19.9. The van der Waals surface area contributed by atoms with Crippen molar-refractivity contribution in [1.29, 1.82) is 0 Å². The number of rotatable bonds is 6. The van der Waals surface area contributed by atoms with Crippen LogP contribution in [0.4, 0.5) is 17.2 Å². The predicted octanol–water partition coefficient (Wildman–Crippen LogP) is 10.0. The topological polar surface area (TPSA) is 47.1 Å². The first-order chi connectivity index (χ1) is 28.4. The molecule has 0 saturated carbocycles. The molecule has 0 fully saturated rings. The third kappa shape index (κ3) is 4.95. The van der Waals surface area contributed by atoms with Crippen LogP contribution >= 0.6 is 0 Å². The molecule has 0 amide bonds. The Labute approximate surface area is 338 Å². The number of benzene rings is 7. The summed E-state index contributed by atoms with van der Waals surface area (Å²) in [5.74, 6) is 1.82. The molecule has 0 radical (unpaired) electrons. The van der Waals surface area contributed by atoms with Crippen molar-refractivity contribution in [2.45, 2.75) is 19.3 Å². The molecule has 0 aliphatic carbocycles. The van der Waals surface area contributed by atoms with Crippen LogP contribution in [-0.2, 0) is 12.5 Å². The Bertz CT molecular complexity index is 3130. The average molecular weight is 765 g/mol. The average Bonchev–Trinajstić information content (AvgIpc) is 3.82. The SMILES string of the molecule is Cn1c(-c2cccc([Si](c3ccccc3)(c3ccccc3)c3ccc4c(c3)N(c3ccccn3)c3ccc5c(oc6ccccc65)c3C4(C)C)c2)nc2ccccc21. The Hall–Kier alpha value is -7.02. The molecule has 5 nitrogen and oxygen atoms in total. The lowest BCUT2D eigenvalue weighted by atomic mass is 9.73. The largest absolute Gasteiger partial charge is 0.456 e. The molecule has 0 saturated heterocycles. The zero-order valence-electron chi connectivity index (χ0n) is 32.6. The van der Waals surface area contributed by atoms with E-state index >= 15 is 0 Å². The first kappa shape index (κ1) is 34.2. The second-order valence-electron chi connectivity index (χ2n) is 15.9. The van der Waals surface area contributed by atoms with Crippen LogP contribution in [0.5, 0.6) is 0 Å². The number of para-hydroxylation sites is 3. The lowest BCUT2D eigenvalue weighted by molar-refractivity contribution is 0.602. The highest BCUT2D eigenvalue weighted by Crippen LogP contribution is 2.54. The van der Waals surface area contributed by atoms with E-state index in [9.17, 15) is 0 Å².